The Labute approximate surface area is 119 Å². The molecular weight excluding hydrogens is 264 g/mol. The molecule has 1 rings (SSSR count). The lowest BCUT2D eigenvalue weighted by molar-refractivity contribution is 0.0314. The summed E-state index contributed by atoms with van der Waals surface area (Å²) in [5.41, 5.74) is 0.408. The Balaban J connectivity index is 2.76. The molecule has 0 aromatic carbocycles. The molecule has 0 saturated heterocycles. The second-order valence-corrected chi connectivity index (χ2v) is 5.02. The maximum Gasteiger partial charge on any atom is 0.251 e. The van der Waals surface area contributed by atoms with E-state index in [1.807, 2.05) is 20.8 Å². The van der Waals surface area contributed by atoms with Crippen LogP contribution < -0.4 is 5.32 Å². The van der Waals surface area contributed by atoms with Gasteiger partial charge in [-0.15, -0.1) is 0 Å². The zero-order valence-corrected chi connectivity index (χ0v) is 12.4. The molecule has 0 aliphatic carbocycles. The van der Waals surface area contributed by atoms with Gasteiger partial charge in [0.1, 0.15) is 5.15 Å². The Morgan fingerprint density at radius 1 is 1.37 bits per heavy atom. The predicted molar refractivity (Wildman–Crippen MR) is 76.5 cm³/mol. The van der Waals surface area contributed by atoms with Crippen molar-refractivity contribution >= 4 is 17.5 Å². The first-order valence-corrected chi connectivity index (χ1v) is 6.99. The fourth-order valence-electron chi connectivity index (χ4n) is 1.71. The summed E-state index contributed by atoms with van der Waals surface area (Å²) >= 11 is 5.88. The number of hydrogen-bond donors (Lipinski definition) is 2. The van der Waals surface area contributed by atoms with Crippen molar-refractivity contribution in [3.05, 3.63) is 28.5 Å². The molecule has 19 heavy (non-hydrogen) atoms. The van der Waals surface area contributed by atoms with Gasteiger partial charge in [-0.3, -0.25) is 4.79 Å². The van der Waals surface area contributed by atoms with Gasteiger partial charge in [-0.25, -0.2) is 4.98 Å². The van der Waals surface area contributed by atoms with Crippen molar-refractivity contribution in [3.63, 3.8) is 0 Å². The number of aromatic nitrogens is 1. The molecule has 1 heterocycles. The summed E-state index contributed by atoms with van der Waals surface area (Å²) in [5.74, 6) is -0.237. The third-order valence-corrected chi connectivity index (χ3v) is 3.56. The highest BCUT2D eigenvalue weighted by Crippen LogP contribution is 2.14. The zero-order chi connectivity index (χ0) is 14.5. The van der Waals surface area contributed by atoms with Crippen LogP contribution in [0, 0.1) is 0 Å². The van der Waals surface area contributed by atoms with E-state index in [2.05, 4.69) is 10.3 Å². The fraction of sp³-hybridized carbons (Fsp3) is 0.571. The normalized spacial score (nSPS) is 11.4. The first kappa shape index (κ1) is 15.9. The summed E-state index contributed by atoms with van der Waals surface area (Å²) in [7, 11) is 0. The summed E-state index contributed by atoms with van der Waals surface area (Å²) in [6.07, 6.45) is 1.91. The van der Waals surface area contributed by atoms with Gasteiger partial charge in [-0.2, -0.15) is 0 Å². The summed E-state index contributed by atoms with van der Waals surface area (Å²) < 4.78 is 0. The molecule has 4 nitrogen and oxygen atoms in total. The number of nitrogens with zero attached hydrogens (tertiary/aromatic N) is 1. The molecule has 0 unspecified atom stereocenters. The van der Waals surface area contributed by atoms with Gasteiger partial charge in [0.05, 0.1) is 5.60 Å². The topological polar surface area (TPSA) is 62.2 Å². The monoisotopic (exact) mass is 284 g/mol. The number of aryl methyl sites for hydroxylation is 1. The van der Waals surface area contributed by atoms with Crippen molar-refractivity contribution in [2.45, 2.75) is 45.6 Å². The minimum atomic E-state index is -0.847. The average molecular weight is 285 g/mol. The average Bonchev–Trinajstić information content (AvgIpc) is 2.43. The van der Waals surface area contributed by atoms with Crippen molar-refractivity contribution < 1.29 is 9.90 Å². The SMILES string of the molecule is CCc1cc(C(=O)NCC(O)(CC)CC)cc(Cl)n1. The van der Waals surface area contributed by atoms with E-state index in [4.69, 9.17) is 11.6 Å². The number of carbonyl (C=O) groups excluding carboxylic acids is 1. The number of pyridine rings is 1. The highest BCUT2D eigenvalue weighted by atomic mass is 35.5. The van der Waals surface area contributed by atoms with Gasteiger partial charge in [0.25, 0.3) is 5.91 Å². The molecule has 0 atom stereocenters. The molecule has 1 aromatic heterocycles. The second-order valence-electron chi connectivity index (χ2n) is 4.64. The van der Waals surface area contributed by atoms with Gasteiger partial charge < -0.3 is 10.4 Å². The summed E-state index contributed by atoms with van der Waals surface area (Å²) in [6, 6.07) is 3.26. The standard InChI is InChI=1S/C14H21ClN2O2/c1-4-11-7-10(8-12(15)17-11)13(18)16-9-14(19,5-2)6-3/h7-8,19H,4-6,9H2,1-3H3,(H,16,18). The highest BCUT2D eigenvalue weighted by molar-refractivity contribution is 6.29. The molecule has 0 fully saturated rings. The number of carbonyl (C=O) groups is 1. The van der Waals surface area contributed by atoms with Crippen LogP contribution in [0.25, 0.3) is 0 Å². The van der Waals surface area contributed by atoms with E-state index in [0.29, 0.717) is 30.0 Å². The van der Waals surface area contributed by atoms with Crippen LogP contribution in [-0.2, 0) is 6.42 Å². The van der Waals surface area contributed by atoms with Crippen LogP contribution in [0.15, 0.2) is 12.1 Å². The van der Waals surface area contributed by atoms with Crippen molar-refractivity contribution in [3.8, 4) is 0 Å². The van der Waals surface area contributed by atoms with Gasteiger partial charge >= 0.3 is 0 Å². The molecule has 106 valence electrons. The molecule has 0 aliphatic heterocycles. The molecule has 0 radical (unpaired) electrons. The lowest BCUT2D eigenvalue weighted by Crippen LogP contribution is -2.42. The van der Waals surface area contributed by atoms with E-state index in [1.54, 1.807) is 6.07 Å². The van der Waals surface area contributed by atoms with E-state index in [9.17, 15) is 9.90 Å². The van der Waals surface area contributed by atoms with Crippen LogP contribution >= 0.6 is 11.6 Å². The molecular formula is C14H21ClN2O2. The molecule has 1 aromatic rings. The van der Waals surface area contributed by atoms with Gasteiger partial charge in [0.2, 0.25) is 0 Å². The Morgan fingerprint density at radius 3 is 2.53 bits per heavy atom. The molecule has 0 bridgehead atoms. The van der Waals surface area contributed by atoms with E-state index >= 15 is 0 Å². The van der Waals surface area contributed by atoms with Gasteiger partial charge in [0.15, 0.2) is 0 Å². The van der Waals surface area contributed by atoms with E-state index in [-0.39, 0.29) is 12.5 Å². The summed E-state index contributed by atoms with van der Waals surface area (Å²) in [6.45, 7) is 5.98. The highest BCUT2D eigenvalue weighted by Gasteiger charge is 2.23. The van der Waals surface area contributed by atoms with Crippen molar-refractivity contribution in [2.75, 3.05) is 6.54 Å². The Bertz CT molecular complexity index is 445. The quantitative estimate of drug-likeness (QED) is 0.789. The number of amides is 1. The largest absolute Gasteiger partial charge is 0.388 e. The number of aliphatic hydroxyl groups is 1. The first-order chi connectivity index (χ1) is 8.94. The van der Waals surface area contributed by atoms with Crippen molar-refractivity contribution in [1.82, 2.24) is 10.3 Å². The van der Waals surface area contributed by atoms with Crippen LogP contribution in [0.2, 0.25) is 5.15 Å². The fourth-order valence-corrected chi connectivity index (χ4v) is 1.94. The first-order valence-electron chi connectivity index (χ1n) is 6.61. The maximum absolute atomic E-state index is 12.0. The van der Waals surface area contributed by atoms with Crippen LogP contribution in [0.1, 0.15) is 49.7 Å². The lowest BCUT2D eigenvalue weighted by Gasteiger charge is -2.25. The number of rotatable bonds is 6. The van der Waals surface area contributed by atoms with Gasteiger partial charge in [-0.1, -0.05) is 32.4 Å². The molecule has 0 saturated carbocycles. The number of halogens is 1. The smallest absolute Gasteiger partial charge is 0.251 e. The summed E-state index contributed by atoms with van der Waals surface area (Å²) in [5, 5.41) is 13.2. The van der Waals surface area contributed by atoms with E-state index in [1.165, 1.54) is 6.07 Å². The van der Waals surface area contributed by atoms with Crippen LogP contribution in [0.3, 0.4) is 0 Å². The summed E-state index contributed by atoms with van der Waals surface area (Å²) in [4.78, 5) is 16.1. The molecule has 0 aliphatic rings. The second kappa shape index (κ2) is 6.87. The van der Waals surface area contributed by atoms with Crippen molar-refractivity contribution in [1.29, 1.82) is 0 Å². The lowest BCUT2D eigenvalue weighted by atomic mass is 9.97. The maximum atomic E-state index is 12.0. The van der Waals surface area contributed by atoms with Crippen molar-refractivity contribution in [2.24, 2.45) is 0 Å². The molecule has 5 heteroatoms. The van der Waals surface area contributed by atoms with E-state index in [0.717, 1.165) is 5.69 Å². The Morgan fingerprint density at radius 2 is 2.00 bits per heavy atom. The van der Waals surface area contributed by atoms with Gasteiger partial charge in [0, 0.05) is 17.8 Å². The third-order valence-electron chi connectivity index (χ3n) is 3.37. The Hall–Kier alpha value is -1.13. The van der Waals surface area contributed by atoms with Crippen LogP contribution in [0.5, 0.6) is 0 Å². The van der Waals surface area contributed by atoms with Crippen LogP contribution in [0.4, 0.5) is 0 Å². The van der Waals surface area contributed by atoms with Crippen LogP contribution in [-0.4, -0.2) is 28.1 Å². The number of nitrogens with one attached hydrogen (secondary N) is 1. The molecule has 2 N–H and O–H groups in total. The minimum absolute atomic E-state index is 0.236. The molecule has 0 spiro atoms. The number of hydrogen-bond acceptors (Lipinski definition) is 3. The third kappa shape index (κ3) is 4.48. The zero-order valence-electron chi connectivity index (χ0n) is 11.7. The van der Waals surface area contributed by atoms with E-state index < -0.39 is 5.60 Å². The minimum Gasteiger partial charge on any atom is -0.388 e. The predicted octanol–water partition coefficient (Wildman–Crippen LogP) is 2.58. The Kier molecular flexibility index (Phi) is 5.76. The molecule has 1 amide bonds. The van der Waals surface area contributed by atoms with Gasteiger partial charge in [-0.05, 0) is 31.4 Å².